The number of sulfone groups is 1. The summed E-state index contributed by atoms with van der Waals surface area (Å²) in [4.78, 5) is 18.2. The van der Waals surface area contributed by atoms with Crippen LogP contribution >= 0.6 is 0 Å². The highest BCUT2D eigenvalue weighted by atomic mass is 32.2. The highest BCUT2D eigenvalue weighted by Gasteiger charge is 2.34. The minimum atomic E-state index is -3.07. The van der Waals surface area contributed by atoms with Gasteiger partial charge in [0, 0.05) is 11.6 Å². The topological polar surface area (TPSA) is 103 Å². The Kier molecular flexibility index (Phi) is 4.73. The number of ether oxygens (including phenoxy) is 1. The van der Waals surface area contributed by atoms with Crippen LogP contribution in [-0.2, 0) is 9.84 Å². The van der Waals surface area contributed by atoms with E-state index in [0.29, 0.717) is 46.1 Å². The highest BCUT2D eigenvalue weighted by Crippen LogP contribution is 2.41. The molecule has 5 rings (SSSR count). The molecule has 0 spiro atoms. The van der Waals surface area contributed by atoms with Crippen LogP contribution in [0.2, 0.25) is 0 Å². The highest BCUT2D eigenvalue weighted by molar-refractivity contribution is 7.91. The van der Waals surface area contributed by atoms with Crippen molar-refractivity contribution in [3.63, 3.8) is 0 Å². The number of benzene rings is 1. The largest absolute Gasteiger partial charge is 0.495 e. The average Bonchev–Trinajstić information content (AvgIpc) is 3.47. The van der Waals surface area contributed by atoms with Crippen molar-refractivity contribution in [2.45, 2.75) is 38.1 Å². The molecule has 1 atom stereocenters. The second-order valence-corrected chi connectivity index (χ2v) is 10.5. The minimum absolute atomic E-state index is 0.0568. The number of nitrogens with zero attached hydrogens (tertiary/aromatic N) is 3. The molecule has 2 aliphatic rings. The fourth-order valence-electron chi connectivity index (χ4n) is 4.26. The van der Waals surface area contributed by atoms with Gasteiger partial charge >= 0.3 is 0 Å². The van der Waals surface area contributed by atoms with Gasteiger partial charge in [0.15, 0.2) is 15.5 Å². The molecule has 1 saturated carbocycles. The van der Waals surface area contributed by atoms with Crippen LogP contribution in [0, 0.1) is 6.92 Å². The molecule has 0 bridgehead atoms. The summed E-state index contributed by atoms with van der Waals surface area (Å²) in [7, 11) is -1.51. The third-order valence-electron chi connectivity index (χ3n) is 6.01. The Morgan fingerprint density at radius 1 is 1.23 bits per heavy atom. The number of nitrogens with one attached hydrogen (secondary N) is 1. The van der Waals surface area contributed by atoms with Crippen LogP contribution in [0.25, 0.3) is 11.0 Å². The second-order valence-electron chi connectivity index (χ2n) is 8.31. The van der Waals surface area contributed by atoms with Crippen LogP contribution in [0.3, 0.4) is 0 Å². The summed E-state index contributed by atoms with van der Waals surface area (Å²) in [6, 6.07) is 8.85. The monoisotopic (exact) mass is 440 g/mol. The van der Waals surface area contributed by atoms with Gasteiger partial charge in [0.2, 0.25) is 0 Å². The molecule has 1 N–H and O–H groups in total. The minimum Gasteiger partial charge on any atom is -0.495 e. The molecule has 1 aliphatic heterocycles. The first-order chi connectivity index (χ1) is 14.9. The molecular weight excluding hydrogens is 416 g/mol. The lowest BCUT2D eigenvalue weighted by atomic mass is 10.1. The van der Waals surface area contributed by atoms with Crippen LogP contribution in [0.4, 0.5) is 5.69 Å². The van der Waals surface area contributed by atoms with Crippen LogP contribution in [-0.4, -0.2) is 47.7 Å². The fourth-order valence-corrected chi connectivity index (χ4v) is 5.95. The van der Waals surface area contributed by atoms with Gasteiger partial charge in [-0.15, -0.1) is 0 Å². The number of aromatic nitrogens is 3. The van der Waals surface area contributed by atoms with Gasteiger partial charge in [0.1, 0.15) is 5.75 Å². The van der Waals surface area contributed by atoms with Crippen molar-refractivity contribution >= 4 is 32.5 Å². The van der Waals surface area contributed by atoms with Gasteiger partial charge < -0.3 is 10.1 Å². The van der Waals surface area contributed by atoms with E-state index in [1.807, 2.05) is 25.1 Å². The SMILES string of the molecule is COc1ccccc1NC(=O)c1cc(C2CC2)nc2c1c(C)nn2C1CCS(=O)(=O)C1. The normalized spacial score (nSPS) is 20.1. The predicted molar refractivity (Wildman–Crippen MR) is 117 cm³/mol. The first-order valence-electron chi connectivity index (χ1n) is 10.4. The summed E-state index contributed by atoms with van der Waals surface area (Å²) in [5.41, 5.74) is 3.20. The predicted octanol–water partition coefficient (Wildman–Crippen LogP) is 3.24. The Bertz CT molecular complexity index is 1290. The molecule has 31 heavy (non-hydrogen) atoms. The number of hydrogen-bond donors (Lipinski definition) is 1. The Morgan fingerprint density at radius 3 is 2.68 bits per heavy atom. The Labute approximate surface area is 180 Å². The van der Waals surface area contributed by atoms with Crippen LogP contribution < -0.4 is 10.1 Å². The number of methoxy groups -OCH3 is 1. The summed E-state index contributed by atoms with van der Waals surface area (Å²) in [6.45, 7) is 1.83. The van der Waals surface area contributed by atoms with Gasteiger partial charge in [-0.3, -0.25) is 4.79 Å². The summed E-state index contributed by atoms with van der Waals surface area (Å²) >= 11 is 0. The number of carbonyl (C=O) groups excluding carboxylic acids is 1. The summed E-state index contributed by atoms with van der Waals surface area (Å²) < 4.78 is 31.2. The van der Waals surface area contributed by atoms with Crippen LogP contribution in [0.5, 0.6) is 5.75 Å². The van der Waals surface area contributed by atoms with Gasteiger partial charge in [-0.2, -0.15) is 5.10 Å². The van der Waals surface area contributed by atoms with Crippen molar-refractivity contribution in [1.82, 2.24) is 14.8 Å². The maximum Gasteiger partial charge on any atom is 0.256 e. The quantitative estimate of drug-likeness (QED) is 0.653. The molecule has 9 heteroatoms. The lowest BCUT2D eigenvalue weighted by Gasteiger charge is -2.13. The van der Waals surface area contributed by atoms with Crippen molar-refractivity contribution in [1.29, 1.82) is 0 Å². The molecule has 1 aromatic carbocycles. The zero-order chi connectivity index (χ0) is 21.8. The van der Waals surface area contributed by atoms with Crippen LogP contribution in [0.1, 0.15) is 53.0 Å². The zero-order valence-corrected chi connectivity index (χ0v) is 18.3. The van der Waals surface area contributed by atoms with E-state index in [2.05, 4.69) is 10.4 Å². The number of carbonyl (C=O) groups is 1. The van der Waals surface area contributed by atoms with Gasteiger partial charge in [-0.25, -0.2) is 18.1 Å². The molecule has 3 heterocycles. The number of fused-ring (bicyclic) bond motifs is 1. The van der Waals surface area contributed by atoms with E-state index in [1.165, 1.54) is 0 Å². The first kappa shape index (κ1) is 20.0. The van der Waals surface area contributed by atoms with E-state index < -0.39 is 9.84 Å². The second kappa shape index (κ2) is 7.33. The fraction of sp³-hybridized carbons (Fsp3) is 0.409. The van der Waals surface area contributed by atoms with E-state index in [0.717, 1.165) is 18.5 Å². The maximum absolute atomic E-state index is 13.3. The van der Waals surface area contributed by atoms with E-state index >= 15 is 0 Å². The smallest absolute Gasteiger partial charge is 0.256 e. The number of pyridine rings is 1. The number of hydrogen-bond acceptors (Lipinski definition) is 6. The molecule has 1 unspecified atom stereocenters. The Hall–Kier alpha value is -2.94. The molecule has 8 nitrogen and oxygen atoms in total. The van der Waals surface area contributed by atoms with E-state index in [4.69, 9.17) is 9.72 Å². The lowest BCUT2D eigenvalue weighted by molar-refractivity contribution is 0.102. The van der Waals surface area contributed by atoms with Gasteiger partial charge in [-0.1, -0.05) is 12.1 Å². The molecular formula is C22H24N4O4S. The molecule has 2 aromatic heterocycles. The van der Waals surface area contributed by atoms with Crippen LogP contribution in [0.15, 0.2) is 30.3 Å². The number of anilines is 1. The van der Waals surface area contributed by atoms with Crippen molar-refractivity contribution in [2.24, 2.45) is 0 Å². The van der Waals surface area contributed by atoms with Crippen molar-refractivity contribution in [2.75, 3.05) is 23.9 Å². The number of aryl methyl sites for hydroxylation is 1. The Morgan fingerprint density at radius 2 is 2.00 bits per heavy atom. The van der Waals surface area contributed by atoms with Gasteiger partial charge in [0.25, 0.3) is 5.91 Å². The van der Waals surface area contributed by atoms with E-state index in [1.54, 1.807) is 23.9 Å². The summed E-state index contributed by atoms with van der Waals surface area (Å²) in [5, 5.41) is 8.25. The lowest BCUT2D eigenvalue weighted by Crippen LogP contribution is -2.15. The van der Waals surface area contributed by atoms with E-state index in [-0.39, 0.29) is 23.5 Å². The Balaban J connectivity index is 1.61. The number of para-hydroxylation sites is 2. The van der Waals surface area contributed by atoms with Crippen molar-refractivity contribution < 1.29 is 17.9 Å². The molecule has 3 aromatic rings. The average molecular weight is 441 g/mol. The third kappa shape index (κ3) is 3.67. The van der Waals surface area contributed by atoms with Crippen molar-refractivity contribution in [3.8, 4) is 5.75 Å². The zero-order valence-electron chi connectivity index (χ0n) is 17.5. The first-order valence-corrected chi connectivity index (χ1v) is 12.2. The number of amides is 1. The van der Waals surface area contributed by atoms with Gasteiger partial charge in [0.05, 0.1) is 47.0 Å². The standard InChI is InChI=1S/C22H24N4O4S/c1-13-20-16(22(27)24-17-5-3-4-6-19(17)30-2)11-18(14-7-8-14)23-21(20)26(25-13)15-9-10-31(28,29)12-15/h3-6,11,14-15H,7-10,12H2,1-2H3,(H,24,27). The molecule has 162 valence electrons. The molecule has 1 saturated heterocycles. The molecule has 0 radical (unpaired) electrons. The van der Waals surface area contributed by atoms with Gasteiger partial charge in [-0.05, 0) is 44.4 Å². The molecule has 2 fully saturated rings. The van der Waals surface area contributed by atoms with Crippen molar-refractivity contribution in [3.05, 3.63) is 47.3 Å². The summed E-state index contributed by atoms with van der Waals surface area (Å²) in [5.74, 6) is 0.855. The summed E-state index contributed by atoms with van der Waals surface area (Å²) in [6.07, 6.45) is 2.59. The number of rotatable bonds is 5. The maximum atomic E-state index is 13.3. The molecule has 1 amide bonds. The van der Waals surface area contributed by atoms with E-state index in [9.17, 15) is 13.2 Å². The molecule has 1 aliphatic carbocycles. The third-order valence-corrected chi connectivity index (χ3v) is 7.76.